The van der Waals surface area contributed by atoms with E-state index < -0.39 is 5.92 Å². The lowest BCUT2D eigenvalue weighted by Crippen LogP contribution is -2.38. The Morgan fingerprint density at radius 1 is 1.14 bits per heavy atom. The molecule has 0 radical (unpaired) electrons. The second-order valence-corrected chi connectivity index (χ2v) is 7.82. The molecule has 0 saturated heterocycles. The van der Waals surface area contributed by atoms with Crippen LogP contribution in [-0.2, 0) is 11.2 Å². The topological polar surface area (TPSA) is 70.1 Å². The van der Waals surface area contributed by atoms with Crippen molar-refractivity contribution in [3.05, 3.63) is 87.3 Å². The van der Waals surface area contributed by atoms with Gasteiger partial charge in [-0.3, -0.25) is 9.69 Å². The van der Waals surface area contributed by atoms with Gasteiger partial charge in [-0.2, -0.15) is 5.26 Å². The molecular formula is C24H22ClN3O. The van der Waals surface area contributed by atoms with Crippen LogP contribution in [0.1, 0.15) is 43.2 Å². The van der Waals surface area contributed by atoms with Gasteiger partial charge in [0.15, 0.2) is 5.78 Å². The first-order valence-electron chi connectivity index (χ1n) is 9.85. The van der Waals surface area contributed by atoms with Crippen LogP contribution in [0.3, 0.4) is 0 Å². The third kappa shape index (κ3) is 3.32. The number of nitriles is 1. The van der Waals surface area contributed by atoms with Crippen LogP contribution in [0.25, 0.3) is 0 Å². The summed E-state index contributed by atoms with van der Waals surface area (Å²) in [7, 11) is 0. The molecule has 1 heterocycles. The Labute approximate surface area is 175 Å². The van der Waals surface area contributed by atoms with Gasteiger partial charge < -0.3 is 5.73 Å². The van der Waals surface area contributed by atoms with E-state index in [-0.39, 0.29) is 5.78 Å². The van der Waals surface area contributed by atoms with Gasteiger partial charge in [0.25, 0.3) is 0 Å². The highest BCUT2D eigenvalue weighted by molar-refractivity contribution is 6.30. The molecule has 2 aliphatic rings. The molecular weight excluding hydrogens is 382 g/mol. The average Bonchev–Trinajstić information content (AvgIpc) is 2.74. The van der Waals surface area contributed by atoms with Crippen molar-refractivity contribution in [3.8, 4) is 6.07 Å². The van der Waals surface area contributed by atoms with Crippen molar-refractivity contribution in [3.63, 3.8) is 0 Å². The third-order valence-corrected chi connectivity index (χ3v) is 5.97. The normalized spacial score (nSPS) is 19.3. The number of carbonyl (C=O) groups is 1. The molecule has 1 atom stereocenters. The minimum atomic E-state index is -0.419. The highest BCUT2D eigenvalue weighted by atomic mass is 35.5. The van der Waals surface area contributed by atoms with Crippen molar-refractivity contribution < 1.29 is 4.79 Å². The molecule has 0 amide bonds. The number of anilines is 1. The number of benzene rings is 2. The van der Waals surface area contributed by atoms with E-state index in [4.69, 9.17) is 17.3 Å². The smallest absolute Gasteiger partial charge is 0.161 e. The number of nitrogens with zero attached hydrogens (tertiary/aromatic N) is 2. The first-order valence-corrected chi connectivity index (χ1v) is 10.2. The minimum Gasteiger partial charge on any atom is -0.384 e. The van der Waals surface area contributed by atoms with Crippen LogP contribution < -0.4 is 10.6 Å². The Hall–Kier alpha value is -3.03. The molecule has 2 aromatic carbocycles. The zero-order chi connectivity index (χ0) is 20.5. The van der Waals surface area contributed by atoms with Gasteiger partial charge in [-0.05, 0) is 54.7 Å². The fourth-order valence-corrected chi connectivity index (χ4v) is 4.38. The Balaban J connectivity index is 1.92. The summed E-state index contributed by atoms with van der Waals surface area (Å²) >= 11 is 6.05. The highest BCUT2D eigenvalue weighted by Gasteiger charge is 2.40. The molecule has 0 aromatic heterocycles. The van der Waals surface area contributed by atoms with E-state index in [1.807, 2.05) is 29.2 Å². The zero-order valence-corrected chi connectivity index (χ0v) is 17.0. The SMILES string of the molecule is CCc1ccc([C@H]2C(C#N)=C(N)N(c3ccc(Cl)cc3)C3=C2C(=O)CCC3)cc1. The molecule has 4 nitrogen and oxygen atoms in total. The molecule has 1 aliphatic heterocycles. The lowest BCUT2D eigenvalue weighted by atomic mass is 9.75. The van der Waals surface area contributed by atoms with Gasteiger partial charge in [-0.15, -0.1) is 0 Å². The molecule has 2 N–H and O–H groups in total. The van der Waals surface area contributed by atoms with Gasteiger partial charge in [0.1, 0.15) is 5.82 Å². The van der Waals surface area contributed by atoms with Crippen molar-refractivity contribution in [2.45, 2.75) is 38.5 Å². The summed E-state index contributed by atoms with van der Waals surface area (Å²) in [6, 6.07) is 17.7. The predicted molar refractivity (Wildman–Crippen MR) is 115 cm³/mol. The summed E-state index contributed by atoms with van der Waals surface area (Å²) in [5, 5.41) is 10.6. The summed E-state index contributed by atoms with van der Waals surface area (Å²) < 4.78 is 0. The van der Waals surface area contributed by atoms with E-state index >= 15 is 0 Å². The van der Waals surface area contributed by atoms with Crippen molar-refractivity contribution >= 4 is 23.1 Å². The van der Waals surface area contributed by atoms with Crippen LogP contribution in [0.4, 0.5) is 5.69 Å². The van der Waals surface area contributed by atoms with Gasteiger partial charge in [0.05, 0.1) is 17.6 Å². The summed E-state index contributed by atoms with van der Waals surface area (Å²) in [5.74, 6) is 0.0557. The van der Waals surface area contributed by atoms with Crippen LogP contribution in [0, 0.1) is 11.3 Å². The minimum absolute atomic E-state index is 0.0926. The van der Waals surface area contributed by atoms with Gasteiger partial charge in [0, 0.05) is 28.4 Å². The second kappa shape index (κ2) is 7.77. The van der Waals surface area contributed by atoms with Gasteiger partial charge in [0.2, 0.25) is 0 Å². The monoisotopic (exact) mass is 403 g/mol. The summed E-state index contributed by atoms with van der Waals surface area (Å²) in [4.78, 5) is 14.9. The molecule has 0 fully saturated rings. The number of nitrogens with two attached hydrogens (primary N) is 1. The number of halogens is 1. The van der Waals surface area contributed by atoms with E-state index in [2.05, 4.69) is 25.1 Å². The first-order chi connectivity index (χ1) is 14.0. The highest BCUT2D eigenvalue weighted by Crippen LogP contribution is 2.46. The number of aryl methyl sites for hydroxylation is 1. The number of carbonyl (C=O) groups excluding carboxylic acids is 1. The lowest BCUT2D eigenvalue weighted by Gasteiger charge is -2.39. The molecule has 0 saturated carbocycles. The Bertz CT molecular complexity index is 1060. The molecule has 0 spiro atoms. The summed E-state index contributed by atoms with van der Waals surface area (Å²) in [6.07, 6.45) is 2.95. The molecule has 0 unspecified atom stereocenters. The van der Waals surface area contributed by atoms with E-state index in [1.54, 1.807) is 12.1 Å². The molecule has 4 rings (SSSR count). The number of hydrogen-bond donors (Lipinski definition) is 1. The number of hydrogen-bond acceptors (Lipinski definition) is 4. The van der Waals surface area contributed by atoms with Crippen LogP contribution in [0.15, 0.2) is 71.2 Å². The average molecular weight is 404 g/mol. The van der Waals surface area contributed by atoms with Gasteiger partial charge in [-0.25, -0.2) is 0 Å². The van der Waals surface area contributed by atoms with E-state index in [0.717, 1.165) is 36.2 Å². The van der Waals surface area contributed by atoms with Gasteiger partial charge in [-0.1, -0.05) is 42.8 Å². The quantitative estimate of drug-likeness (QED) is 0.763. The van der Waals surface area contributed by atoms with E-state index in [0.29, 0.717) is 28.4 Å². The molecule has 5 heteroatoms. The lowest BCUT2D eigenvalue weighted by molar-refractivity contribution is -0.116. The fraction of sp³-hybridized carbons (Fsp3) is 0.250. The summed E-state index contributed by atoms with van der Waals surface area (Å²) in [5.41, 5.74) is 11.5. The fourth-order valence-electron chi connectivity index (χ4n) is 4.25. The van der Waals surface area contributed by atoms with Crippen LogP contribution in [-0.4, -0.2) is 5.78 Å². The number of allylic oxidation sites excluding steroid dienone is 3. The van der Waals surface area contributed by atoms with Crippen LogP contribution in [0.5, 0.6) is 0 Å². The Kier molecular flexibility index (Phi) is 5.17. The van der Waals surface area contributed by atoms with Crippen LogP contribution in [0.2, 0.25) is 5.02 Å². The zero-order valence-electron chi connectivity index (χ0n) is 16.3. The largest absolute Gasteiger partial charge is 0.384 e. The molecule has 0 bridgehead atoms. The second-order valence-electron chi connectivity index (χ2n) is 7.39. The maximum absolute atomic E-state index is 13.1. The molecule has 1 aliphatic carbocycles. The molecule has 2 aromatic rings. The van der Waals surface area contributed by atoms with E-state index in [1.165, 1.54) is 5.56 Å². The van der Waals surface area contributed by atoms with Crippen molar-refractivity contribution in [2.24, 2.45) is 5.73 Å². The standard InChI is InChI=1S/C24H22ClN3O/c1-2-15-6-8-16(9-7-15)22-19(14-26)24(27)28(18-12-10-17(25)11-13-18)20-4-3-5-21(29)23(20)22/h6-13,22H,2-5,27H2,1H3/t22-/m0/s1. The maximum Gasteiger partial charge on any atom is 0.161 e. The number of rotatable bonds is 3. The number of ketones is 1. The first kappa shape index (κ1) is 19.3. The molecule has 146 valence electrons. The third-order valence-electron chi connectivity index (χ3n) is 5.72. The summed E-state index contributed by atoms with van der Waals surface area (Å²) in [6.45, 7) is 2.10. The van der Waals surface area contributed by atoms with Gasteiger partial charge >= 0.3 is 0 Å². The van der Waals surface area contributed by atoms with Crippen LogP contribution >= 0.6 is 11.6 Å². The van der Waals surface area contributed by atoms with Crippen molar-refractivity contribution in [1.29, 1.82) is 5.26 Å². The Morgan fingerprint density at radius 3 is 2.45 bits per heavy atom. The maximum atomic E-state index is 13.1. The Morgan fingerprint density at radius 2 is 1.83 bits per heavy atom. The number of Topliss-reactive ketones (excluding diaryl/α,β-unsaturated/α-hetero) is 1. The van der Waals surface area contributed by atoms with E-state index in [9.17, 15) is 10.1 Å². The van der Waals surface area contributed by atoms with Crippen molar-refractivity contribution in [1.82, 2.24) is 0 Å². The predicted octanol–water partition coefficient (Wildman–Crippen LogP) is 5.21. The molecule has 29 heavy (non-hydrogen) atoms. The van der Waals surface area contributed by atoms with Crippen molar-refractivity contribution in [2.75, 3.05) is 4.90 Å².